The van der Waals surface area contributed by atoms with Gasteiger partial charge in [0.15, 0.2) is 5.76 Å². The summed E-state index contributed by atoms with van der Waals surface area (Å²) in [5.74, 6) is -32.6. The average molecular weight is 441 g/mol. The normalized spacial score (nSPS) is 14.3. The minimum absolute atomic E-state index is 0.105. The summed E-state index contributed by atoms with van der Waals surface area (Å²) in [6.45, 7) is 0. The van der Waals surface area contributed by atoms with Crippen molar-refractivity contribution in [1.29, 1.82) is 5.26 Å². The molecule has 29 heavy (non-hydrogen) atoms. The number of benzene rings is 1. The first kappa shape index (κ1) is 24.2. The van der Waals surface area contributed by atoms with Crippen LogP contribution in [0.15, 0.2) is 36.1 Å². The number of alkyl halides is 11. The monoisotopic (exact) mass is 441 g/mol. The Labute approximate surface area is 154 Å². The molecule has 0 aromatic heterocycles. The van der Waals surface area contributed by atoms with Gasteiger partial charge in [0, 0.05) is 6.08 Å². The highest BCUT2D eigenvalue weighted by molar-refractivity contribution is 5.66. The molecule has 0 N–H and O–H groups in total. The predicted molar refractivity (Wildman–Crippen MR) is 71.8 cm³/mol. The molecule has 160 valence electrons. The molecule has 3 nitrogen and oxygen atoms in total. The second-order valence-corrected chi connectivity index (χ2v) is 5.20. The molecular weight excluding hydrogens is 435 g/mol. The van der Waals surface area contributed by atoms with Crippen LogP contribution in [-0.4, -0.2) is 36.2 Å². The number of nitrogens with zero attached hydrogens (tertiary/aromatic N) is 1. The maximum atomic E-state index is 14.0. The van der Waals surface area contributed by atoms with Crippen LogP contribution in [0.3, 0.4) is 0 Å². The van der Waals surface area contributed by atoms with Crippen molar-refractivity contribution < 1.29 is 57.8 Å². The molecule has 0 saturated carbocycles. The number of hydrogen-bond acceptors (Lipinski definition) is 3. The topological polar surface area (TPSA) is 50.1 Å². The predicted octanol–water partition coefficient (Wildman–Crippen LogP) is 5.12. The minimum atomic E-state index is -7.64. The molecule has 0 amide bonds. The van der Waals surface area contributed by atoms with Crippen molar-refractivity contribution in [2.24, 2.45) is 0 Å². The van der Waals surface area contributed by atoms with E-state index in [4.69, 9.17) is 5.26 Å². The molecule has 0 fully saturated rings. The zero-order chi connectivity index (χ0) is 22.9. The molecule has 14 heteroatoms. The molecule has 1 rings (SSSR count). The van der Waals surface area contributed by atoms with E-state index in [9.17, 15) is 53.1 Å². The molecule has 1 aromatic carbocycles. The van der Waals surface area contributed by atoms with Crippen molar-refractivity contribution in [3.63, 3.8) is 0 Å². The van der Waals surface area contributed by atoms with Crippen molar-refractivity contribution in [2.45, 2.75) is 29.9 Å². The van der Waals surface area contributed by atoms with Gasteiger partial charge in [0.2, 0.25) is 0 Å². The van der Waals surface area contributed by atoms with Crippen LogP contribution >= 0.6 is 0 Å². The lowest BCUT2D eigenvalue weighted by Crippen LogP contribution is -2.67. The van der Waals surface area contributed by atoms with E-state index >= 15 is 0 Å². The van der Waals surface area contributed by atoms with E-state index in [1.165, 1.54) is 0 Å². The van der Waals surface area contributed by atoms with Crippen LogP contribution in [0.5, 0.6) is 5.75 Å². The highest BCUT2D eigenvalue weighted by atomic mass is 19.4. The lowest BCUT2D eigenvalue weighted by molar-refractivity contribution is -0.419. The van der Waals surface area contributed by atoms with E-state index in [0.29, 0.717) is 12.1 Å². The van der Waals surface area contributed by atoms with Crippen molar-refractivity contribution >= 4 is 6.29 Å². The number of rotatable bonds is 7. The summed E-state index contributed by atoms with van der Waals surface area (Å²) >= 11 is 0. The largest absolute Gasteiger partial charge is 0.460 e. The molecule has 0 saturated heterocycles. The second-order valence-electron chi connectivity index (χ2n) is 5.20. The lowest BCUT2D eigenvalue weighted by Gasteiger charge is -2.37. The van der Waals surface area contributed by atoms with Gasteiger partial charge >= 0.3 is 29.9 Å². The van der Waals surface area contributed by atoms with Crippen molar-refractivity contribution in [3.8, 4) is 11.8 Å². The molecular formula is C15H6F11NO2. The fraction of sp³-hybridized carbons (Fsp3) is 0.333. The molecule has 0 aliphatic carbocycles. The number of ether oxygens (including phenoxy) is 1. The van der Waals surface area contributed by atoms with Crippen molar-refractivity contribution in [1.82, 2.24) is 0 Å². The summed E-state index contributed by atoms with van der Waals surface area (Å²) in [6.07, 6.45) is -8.55. The number of carbonyl (C=O) groups excluding carboxylic acids is 1. The average Bonchev–Trinajstić information content (AvgIpc) is 2.60. The zero-order valence-corrected chi connectivity index (χ0v) is 13.4. The molecule has 0 spiro atoms. The number of halogens is 11. The Hall–Kier alpha value is -2.85. The van der Waals surface area contributed by atoms with Crippen LogP contribution in [-0.2, 0) is 4.79 Å². The fourth-order valence-electron chi connectivity index (χ4n) is 1.72. The second kappa shape index (κ2) is 7.53. The molecule has 0 bridgehead atoms. The lowest BCUT2D eigenvalue weighted by atomic mass is 9.96. The zero-order valence-electron chi connectivity index (χ0n) is 13.4. The van der Waals surface area contributed by atoms with Gasteiger partial charge in [-0.2, -0.15) is 53.6 Å². The highest BCUT2D eigenvalue weighted by Crippen LogP contribution is 2.58. The number of hydrogen-bond donors (Lipinski definition) is 0. The molecule has 0 radical (unpaired) electrons. The number of aldehydes is 1. The van der Waals surface area contributed by atoms with Gasteiger partial charge in [0.05, 0.1) is 11.6 Å². The van der Waals surface area contributed by atoms with Gasteiger partial charge in [0.1, 0.15) is 12.0 Å². The quantitative estimate of drug-likeness (QED) is 0.255. The molecule has 0 heterocycles. The maximum absolute atomic E-state index is 14.0. The molecule has 1 aromatic rings. The number of allylic oxidation sites excluding steroid dienone is 2. The first-order valence-corrected chi connectivity index (χ1v) is 6.89. The van der Waals surface area contributed by atoms with Gasteiger partial charge in [-0.3, -0.25) is 4.79 Å². The van der Waals surface area contributed by atoms with Crippen molar-refractivity contribution in [3.05, 3.63) is 41.7 Å². The van der Waals surface area contributed by atoms with Gasteiger partial charge in [-0.15, -0.1) is 0 Å². The summed E-state index contributed by atoms with van der Waals surface area (Å²) in [4.78, 5) is 10.4. The van der Waals surface area contributed by atoms with Crippen LogP contribution < -0.4 is 4.74 Å². The van der Waals surface area contributed by atoms with Crippen LogP contribution in [0.2, 0.25) is 0 Å². The number of nitriles is 1. The SMILES string of the molecule is N#Cc1ccc(O/C(=C/C=O)C(F)(F)C(F)(F)C(F)(F)C(F)(F)C(F)(F)F)cc1. The Morgan fingerprint density at radius 1 is 0.828 bits per heavy atom. The van der Waals surface area contributed by atoms with E-state index in [-0.39, 0.29) is 5.56 Å². The molecule has 0 unspecified atom stereocenters. The minimum Gasteiger partial charge on any atom is -0.455 e. The van der Waals surface area contributed by atoms with Crippen LogP contribution in [0.1, 0.15) is 5.56 Å². The van der Waals surface area contributed by atoms with Crippen LogP contribution in [0.25, 0.3) is 0 Å². The third-order valence-electron chi connectivity index (χ3n) is 3.28. The number of carbonyl (C=O) groups is 1. The van der Waals surface area contributed by atoms with E-state index in [1.807, 2.05) is 0 Å². The van der Waals surface area contributed by atoms with Gasteiger partial charge in [0.25, 0.3) is 0 Å². The summed E-state index contributed by atoms with van der Waals surface area (Å²) in [5.41, 5.74) is -0.105. The van der Waals surface area contributed by atoms with Gasteiger partial charge < -0.3 is 4.74 Å². The smallest absolute Gasteiger partial charge is 0.455 e. The van der Waals surface area contributed by atoms with E-state index < -0.39 is 53.7 Å². The fourth-order valence-corrected chi connectivity index (χ4v) is 1.72. The van der Waals surface area contributed by atoms with E-state index in [0.717, 1.165) is 12.1 Å². The summed E-state index contributed by atoms with van der Waals surface area (Å²) in [6, 6.07) is 4.65. The van der Waals surface area contributed by atoms with Gasteiger partial charge in [-0.25, -0.2) is 0 Å². The Morgan fingerprint density at radius 3 is 1.69 bits per heavy atom. The molecule has 0 aliphatic heterocycles. The third-order valence-corrected chi connectivity index (χ3v) is 3.28. The van der Waals surface area contributed by atoms with Crippen LogP contribution in [0.4, 0.5) is 48.3 Å². The Kier molecular flexibility index (Phi) is 6.28. The van der Waals surface area contributed by atoms with Crippen LogP contribution in [0, 0.1) is 11.3 Å². The summed E-state index contributed by atoms with van der Waals surface area (Å²) in [7, 11) is 0. The summed E-state index contributed by atoms with van der Waals surface area (Å²) < 4.78 is 148. The first-order valence-electron chi connectivity index (χ1n) is 6.89. The van der Waals surface area contributed by atoms with E-state index in [2.05, 4.69) is 4.74 Å². The van der Waals surface area contributed by atoms with Crippen molar-refractivity contribution in [2.75, 3.05) is 0 Å². The van der Waals surface area contributed by atoms with Gasteiger partial charge in [-0.1, -0.05) is 0 Å². The van der Waals surface area contributed by atoms with Gasteiger partial charge in [-0.05, 0) is 24.3 Å². The Morgan fingerprint density at radius 2 is 1.31 bits per heavy atom. The molecule has 0 atom stereocenters. The van der Waals surface area contributed by atoms with E-state index in [1.54, 1.807) is 6.07 Å². The highest BCUT2D eigenvalue weighted by Gasteiger charge is 2.88. The maximum Gasteiger partial charge on any atom is 0.460 e. The standard InChI is InChI=1S/C15H6F11NO2/c16-11(17,12(18,19)13(20,21)14(22,23)15(24,25)26)10(5-6-28)29-9-3-1-8(7-27)2-4-9/h1-6H/b10-5+. The summed E-state index contributed by atoms with van der Waals surface area (Å²) in [5, 5.41) is 8.55. The first-order chi connectivity index (χ1) is 13.0. The third kappa shape index (κ3) is 3.99. The molecule has 0 aliphatic rings. The Bertz CT molecular complexity index is 820. The Balaban J connectivity index is 3.46.